The Morgan fingerprint density at radius 1 is 1.15 bits per heavy atom. The standard InChI is InChI=1S/C16H15N3O/c1-11-7-8-12(2)13(9-11)16(20)10-19-15-6-4-3-5-14(15)17-18-19/h3-9H,10H2,1-2H3. The second-order valence-corrected chi connectivity index (χ2v) is 4.98. The number of aryl methyl sites for hydroxylation is 2. The molecule has 0 radical (unpaired) electrons. The van der Waals surface area contributed by atoms with Gasteiger partial charge in [-0.3, -0.25) is 4.79 Å². The molecule has 3 rings (SSSR count). The highest BCUT2D eigenvalue weighted by Crippen LogP contribution is 2.14. The molecule has 0 amide bonds. The van der Waals surface area contributed by atoms with Crippen LogP contribution >= 0.6 is 0 Å². The van der Waals surface area contributed by atoms with Gasteiger partial charge in [-0.15, -0.1) is 5.10 Å². The Kier molecular flexibility index (Phi) is 3.06. The molecule has 4 heteroatoms. The fraction of sp³-hybridized carbons (Fsp3) is 0.188. The van der Waals surface area contributed by atoms with Gasteiger partial charge in [-0.1, -0.05) is 35.0 Å². The van der Waals surface area contributed by atoms with Gasteiger partial charge in [-0.25, -0.2) is 4.68 Å². The molecule has 0 saturated carbocycles. The molecular formula is C16H15N3O. The summed E-state index contributed by atoms with van der Waals surface area (Å²) in [5.41, 5.74) is 4.52. The summed E-state index contributed by atoms with van der Waals surface area (Å²) in [5, 5.41) is 8.12. The van der Waals surface area contributed by atoms with Crippen LogP contribution in [0.25, 0.3) is 11.0 Å². The van der Waals surface area contributed by atoms with Gasteiger partial charge in [0.2, 0.25) is 0 Å². The number of hydrogen-bond acceptors (Lipinski definition) is 3. The van der Waals surface area contributed by atoms with Gasteiger partial charge in [-0.05, 0) is 37.6 Å². The van der Waals surface area contributed by atoms with Gasteiger partial charge in [0.1, 0.15) is 12.1 Å². The van der Waals surface area contributed by atoms with Gasteiger partial charge in [0.15, 0.2) is 5.78 Å². The third-order valence-corrected chi connectivity index (χ3v) is 3.41. The average molecular weight is 265 g/mol. The fourth-order valence-electron chi connectivity index (χ4n) is 2.29. The van der Waals surface area contributed by atoms with E-state index >= 15 is 0 Å². The molecule has 0 aliphatic carbocycles. The molecule has 0 aliphatic heterocycles. The molecule has 0 fully saturated rings. The minimum atomic E-state index is 0.0573. The van der Waals surface area contributed by atoms with Crippen molar-refractivity contribution in [3.63, 3.8) is 0 Å². The van der Waals surface area contributed by atoms with Crippen molar-refractivity contribution in [2.75, 3.05) is 0 Å². The molecule has 1 aromatic heterocycles. The molecule has 3 aromatic rings. The Hall–Kier alpha value is -2.49. The molecule has 1 heterocycles. The van der Waals surface area contributed by atoms with Gasteiger partial charge >= 0.3 is 0 Å². The number of nitrogens with zero attached hydrogens (tertiary/aromatic N) is 3. The average Bonchev–Trinajstić information content (AvgIpc) is 2.85. The van der Waals surface area contributed by atoms with Crippen molar-refractivity contribution in [2.24, 2.45) is 0 Å². The van der Waals surface area contributed by atoms with Crippen LogP contribution < -0.4 is 0 Å². The minimum absolute atomic E-state index is 0.0573. The van der Waals surface area contributed by atoms with E-state index in [2.05, 4.69) is 10.3 Å². The Morgan fingerprint density at radius 2 is 1.95 bits per heavy atom. The van der Waals surface area contributed by atoms with E-state index in [4.69, 9.17) is 0 Å². The van der Waals surface area contributed by atoms with Crippen molar-refractivity contribution < 1.29 is 4.79 Å². The summed E-state index contributed by atoms with van der Waals surface area (Å²) < 4.78 is 1.65. The first-order valence-corrected chi connectivity index (χ1v) is 6.54. The molecule has 0 spiro atoms. The summed E-state index contributed by atoms with van der Waals surface area (Å²) in [4.78, 5) is 12.4. The lowest BCUT2D eigenvalue weighted by Gasteiger charge is -2.06. The molecule has 2 aromatic carbocycles. The van der Waals surface area contributed by atoms with E-state index in [1.165, 1.54) is 0 Å². The maximum Gasteiger partial charge on any atom is 0.184 e. The zero-order valence-electron chi connectivity index (χ0n) is 11.5. The van der Waals surface area contributed by atoms with Crippen LogP contribution in [0.1, 0.15) is 21.5 Å². The maximum absolute atomic E-state index is 12.4. The molecule has 100 valence electrons. The van der Waals surface area contributed by atoms with Crippen LogP contribution in [-0.2, 0) is 6.54 Å². The van der Waals surface area contributed by atoms with Gasteiger partial charge in [0.05, 0.1) is 5.52 Å². The smallest absolute Gasteiger partial charge is 0.184 e. The van der Waals surface area contributed by atoms with Crippen LogP contribution in [-0.4, -0.2) is 20.8 Å². The summed E-state index contributed by atoms with van der Waals surface area (Å²) in [6.07, 6.45) is 0. The fourth-order valence-corrected chi connectivity index (χ4v) is 2.29. The molecular weight excluding hydrogens is 250 g/mol. The Morgan fingerprint density at radius 3 is 2.80 bits per heavy atom. The third-order valence-electron chi connectivity index (χ3n) is 3.41. The van der Waals surface area contributed by atoms with E-state index in [1.54, 1.807) is 4.68 Å². The number of hydrogen-bond donors (Lipinski definition) is 0. The van der Waals surface area contributed by atoms with Crippen molar-refractivity contribution in [2.45, 2.75) is 20.4 Å². The number of benzene rings is 2. The maximum atomic E-state index is 12.4. The summed E-state index contributed by atoms with van der Waals surface area (Å²) in [6, 6.07) is 13.6. The van der Waals surface area contributed by atoms with Crippen molar-refractivity contribution in [1.29, 1.82) is 0 Å². The third kappa shape index (κ3) is 2.20. The van der Waals surface area contributed by atoms with Crippen LogP contribution in [0, 0.1) is 13.8 Å². The summed E-state index contributed by atoms with van der Waals surface area (Å²) >= 11 is 0. The largest absolute Gasteiger partial charge is 0.292 e. The van der Waals surface area contributed by atoms with E-state index < -0.39 is 0 Å². The molecule has 0 saturated heterocycles. The number of carbonyl (C=O) groups excluding carboxylic acids is 1. The number of aromatic nitrogens is 3. The normalized spacial score (nSPS) is 10.9. The lowest BCUT2D eigenvalue weighted by atomic mass is 10.0. The van der Waals surface area contributed by atoms with Crippen molar-refractivity contribution >= 4 is 16.8 Å². The number of carbonyl (C=O) groups is 1. The van der Waals surface area contributed by atoms with Gasteiger partial charge in [-0.2, -0.15) is 0 Å². The molecule has 20 heavy (non-hydrogen) atoms. The first-order chi connectivity index (χ1) is 9.65. The van der Waals surface area contributed by atoms with Crippen LogP contribution in [0.2, 0.25) is 0 Å². The van der Waals surface area contributed by atoms with Crippen LogP contribution in [0.5, 0.6) is 0 Å². The highest BCUT2D eigenvalue weighted by Gasteiger charge is 2.12. The van der Waals surface area contributed by atoms with Crippen molar-refractivity contribution in [3.05, 3.63) is 59.2 Å². The second kappa shape index (κ2) is 4.89. The molecule has 4 nitrogen and oxygen atoms in total. The Balaban J connectivity index is 1.94. The lowest BCUT2D eigenvalue weighted by Crippen LogP contribution is -2.13. The summed E-state index contributed by atoms with van der Waals surface area (Å²) in [5.74, 6) is 0.0573. The molecule has 0 aliphatic rings. The van der Waals surface area contributed by atoms with Crippen LogP contribution in [0.3, 0.4) is 0 Å². The number of rotatable bonds is 3. The number of para-hydroxylation sites is 1. The topological polar surface area (TPSA) is 47.8 Å². The molecule has 0 N–H and O–H groups in total. The second-order valence-electron chi connectivity index (χ2n) is 4.98. The minimum Gasteiger partial charge on any atom is -0.292 e. The monoisotopic (exact) mass is 265 g/mol. The molecule has 0 bridgehead atoms. The van der Waals surface area contributed by atoms with Crippen molar-refractivity contribution in [1.82, 2.24) is 15.0 Å². The van der Waals surface area contributed by atoms with Crippen molar-refractivity contribution in [3.8, 4) is 0 Å². The van der Waals surface area contributed by atoms with E-state index in [1.807, 2.05) is 56.3 Å². The van der Waals surface area contributed by atoms with Crippen LogP contribution in [0.4, 0.5) is 0 Å². The summed E-state index contributed by atoms with van der Waals surface area (Å²) in [6.45, 7) is 4.15. The molecule has 0 unspecified atom stereocenters. The molecule has 0 atom stereocenters. The Labute approximate surface area is 117 Å². The quantitative estimate of drug-likeness (QED) is 0.684. The Bertz CT molecular complexity index is 789. The zero-order chi connectivity index (χ0) is 14.1. The predicted molar refractivity (Wildman–Crippen MR) is 77.8 cm³/mol. The number of ketones is 1. The van der Waals surface area contributed by atoms with E-state index in [0.717, 1.165) is 27.7 Å². The van der Waals surface area contributed by atoms with E-state index in [9.17, 15) is 4.79 Å². The number of fused-ring (bicyclic) bond motifs is 1. The van der Waals surface area contributed by atoms with Crippen LogP contribution in [0.15, 0.2) is 42.5 Å². The number of Topliss-reactive ketones (excluding diaryl/α,β-unsaturated/α-hetero) is 1. The highest BCUT2D eigenvalue weighted by atomic mass is 16.1. The highest BCUT2D eigenvalue weighted by molar-refractivity contribution is 5.98. The van der Waals surface area contributed by atoms with Gasteiger partial charge in [0.25, 0.3) is 0 Å². The lowest BCUT2D eigenvalue weighted by molar-refractivity contribution is 0.0968. The first-order valence-electron chi connectivity index (χ1n) is 6.54. The van der Waals surface area contributed by atoms with Gasteiger partial charge in [0, 0.05) is 5.56 Å². The zero-order valence-corrected chi connectivity index (χ0v) is 11.5. The predicted octanol–water partition coefficient (Wildman–Crippen LogP) is 2.93. The SMILES string of the molecule is Cc1ccc(C)c(C(=O)Cn2nnc3ccccc32)c1. The summed E-state index contributed by atoms with van der Waals surface area (Å²) in [7, 11) is 0. The van der Waals surface area contributed by atoms with E-state index in [0.29, 0.717) is 0 Å². The van der Waals surface area contributed by atoms with E-state index in [-0.39, 0.29) is 12.3 Å². The first kappa shape index (κ1) is 12.5. The van der Waals surface area contributed by atoms with Gasteiger partial charge < -0.3 is 0 Å².